The largest absolute Gasteiger partial charge is 0.318 e. The molecule has 0 aliphatic carbocycles. The van der Waals surface area contributed by atoms with Crippen LogP contribution in [0.15, 0.2) is 77.9 Å². The molecule has 0 saturated carbocycles. The highest BCUT2D eigenvalue weighted by molar-refractivity contribution is 6.15. The first kappa shape index (κ1) is 19.4. The van der Waals surface area contributed by atoms with E-state index in [0.717, 1.165) is 40.7 Å². The van der Waals surface area contributed by atoms with Crippen LogP contribution in [0.5, 0.6) is 0 Å². The summed E-state index contributed by atoms with van der Waals surface area (Å²) >= 11 is 0. The highest BCUT2D eigenvalue weighted by atomic mass is 19.2. The fraction of sp³-hybridized carbons (Fsp3) is 0.115. The number of halogens is 3. The summed E-state index contributed by atoms with van der Waals surface area (Å²) in [6, 6.07) is 19.6. The maximum atomic E-state index is 14.5. The molecule has 5 heteroatoms. The van der Waals surface area contributed by atoms with Crippen LogP contribution in [0.1, 0.15) is 29.3 Å². The predicted octanol–water partition coefficient (Wildman–Crippen LogP) is 6.48. The Labute approximate surface area is 178 Å². The predicted molar refractivity (Wildman–Crippen MR) is 116 cm³/mol. The fourth-order valence-corrected chi connectivity index (χ4v) is 4.05. The van der Waals surface area contributed by atoms with Crippen LogP contribution in [0.2, 0.25) is 0 Å². The molecule has 0 atom stereocenters. The minimum atomic E-state index is -1.47. The number of rotatable bonds is 3. The van der Waals surface area contributed by atoms with Gasteiger partial charge in [-0.3, -0.25) is 4.99 Å². The van der Waals surface area contributed by atoms with Crippen molar-refractivity contribution >= 4 is 5.71 Å². The summed E-state index contributed by atoms with van der Waals surface area (Å²) in [6.07, 6.45) is 3.00. The molecule has 4 aromatic rings. The normalized spacial score (nSPS) is 12.7. The maximum absolute atomic E-state index is 14.5. The summed E-state index contributed by atoms with van der Waals surface area (Å²) in [5, 5.41) is 0. The SMILES string of the molecule is CCc1cc2n(c1)-c1ccc(-c3ccc(F)c(F)c3F)cc1C(c1ccccc1)=NC2. The van der Waals surface area contributed by atoms with Gasteiger partial charge in [-0.2, -0.15) is 0 Å². The Balaban J connectivity index is 1.75. The number of aryl methyl sites for hydroxylation is 1. The lowest BCUT2D eigenvalue weighted by atomic mass is 9.95. The molecule has 154 valence electrons. The van der Waals surface area contributed by atoms with Gasteiger partial charge >= 0.3 is 0 Å². The minimum Gasteiger partial charge on any atom is -0.318 e. The third-order valence-electron chi connectivity index (χ3n) is 5.67. The first-order valence-corrected chi connectivity index (χ1v) is 10.2. The number of nitrogens with zero attached hydrogens (tertiary/aromatic N) is 2. The van der Waals surface area contributed by atoms with E-state index in [-0.39, 0.29) is 5.56 Å². The van der Waals surface area contributed by atoms with E-state index in [0.29, 0.717) is 12.1 Å². The van der Waals surface area contributed by atoms with Gasteiger partial charge in [0.05, 0.1) is 17.9 Å². The third kappa shape index (κ3) is 3.26. The van der Waals surface area contributed by atoms with Gasteiger partial charge < -0.3 is 4.57 Å². The summed E-state index contributed by atoms with van der Waals surface area (Å²) in [7, 11) is 0. The van der Waals surface area contributed by atoms with Crippen LogP contribution in [0.4, 0.5) is 13.2 Å². The Hall–Kier alpha value is -3.60. The third-order valence-corrected chi connectivity index (χ3v) is 5.67. The molecular formula is C26H19F3N2. The molecule has 2 nitrogen and oxygen atoms in total. The van der Waals surface area contributed by atoms with Crippen molar-refractivity contribution in [2.24, 2.45) is 4.99 Å². The number of aliphatic imine (C=N–C) groups is 1. The van der Waals surface area contributed by atoms with Crippen LogP contribution in [-0.2, 0) is 13.0 Å². The van der Waals surface area contributed by atoms with Gasteiger partial charge in [0.2, 0.25) is 0 Å². The molecule has 0 bridgehead atoms. The molecule has 0 fully saturated rings. The Kier molecular flexibility index (Phi) is 4.74. The monoisotopic (exact) mass is 416 g/mol. The van der Waals surface area contributed by atoms with E-state index >= 15 is 0 Å². The second-order valence-electron chi connectivity index (χ2n) is 7.55. The van der Waals surface area contributed by atoms with Crippen LogP contribution in [-0.4, -0.2) is 10.3 Å². The lowest BCUT2D eigenvalue weighted by molar-refractivity contribution is 0.449. The van der Waals surface area contributed by atoms with Crippen molar-refractivity contribution in [2.75, 3.05) is 0 Å². The standard InChI is InChI=1S/C26H19F3N2/c1-2-16-12-19-14-30-26(17-6-4-3-5-7-17)21-13-18(8-11-23(21)31(19)15-16)20-9-10-22(27)25(29)24(20)28/h3-13,15H,2,14H2,1H3. The molecule has 0 N–H and O–H groups in total. The van der Waals surface area contributed by atoms with E-state index in [1.807, 2.05) is 36.4 Å². The lowest BCUT2D eigenvalue weighted by Crippen LogP contribution is -2.07. The van der Waals surface area contributed by atoms with Gasteiger partial charge in [-0.25, -0.2) is 13.2 Å². The van der Waals surface area contributed by atoms with Gasteiger partial charge in [0, 0.05) is 28.6 Å². The summed E-state index contributed by atoms with van der Waals surface area (Å²) in [6.45, 7) is 2.61. The van der Waals surface area contributed by atoms with E-state index in [2.05, 4.69) is 23.8 Å². The number of fused-ring (bicyclic) bond motifs is 3. The first-order chi connectivity index (χ1) is 15.1. The number of benzene rings is 3. The van der Waals surface area contributed by atoms with Crippen molar-refractivity contribution in [3.8, 4) is 16.8 Å². The van der Waals surface area contributed by atoms with Crippen molar-refractivity contribution in [3.63, 3.8) is 0 Å². The van der Waals surface area contributed by atoms with Gasteiger partial charge in [-0.15, -0.1) is 0 Å². The van der Waals surface area contributed by atoms with E-state index in [9.17, 15) is 13.2 Å². The second-order valence-corrected chi connectivity index (χ2v) is 7.55. The molecule has 0 spiro atoms. The molecule has 31 heavy (non-hydrogen) atoms. The molecule has 3 aromatic carbocycles. The average Bonchev–Trinajstić information content (AvgIpc) is 3.15. The zero-order valence-electron chi connectivity index (χ0n) is 16.9. The molecule has 0 saturated heterocycles. The molecule has 0 amide bonds. The average molecular weight is 416 g/mol. The summed E-state index contributed by atoms with van der Waals surface area (Å²) < 4.78 is 44.0. The zero-order valence-corrected chi connectivity index (χ0v) is 16.9. The van der Waals surface area contributed by atoms with Gasteiger partial charge in [-0.05, 0) is 47.9 Å². The minimum absolute atomic E-state index is 0.0142. The van der Waals surface area contributed by atoms with Crippen molar-refractivity contribution in [1.29, 1.82) is 0 Å². The fourth-order valence-electron chi connectivity index (χ4n) is 4.05. The Bertz CT molecular complexity index is 1320. The highest BCUT2D eigenvalue weighted by Crippen LogP contribution is 2.33. The first-order valence-electron chi connectivity index (χ1n) is 10.2. The summed E-state index contributed by atoms with van der Waals surface area (Å²) in [5.41, 5.74) is 6.19. The Morgan fingerprint density at radius 2 is 1.65 bits per heavy atom. The molecule has 1 aliphatic rings. The van der Waals surface area contributed by atoms with Crippen LogP contribution in [0, 0.1) is 17.5 Å². The van der Waals surface area contributed by atoms with Crippen molar-refractivity contribution in [2.45, 2.75) is 19.9 Å². The van der Waals surface area contributed by atoms with E-state index in [1.165, 1.54) is 11.6 Å². The smallest absolute Gasteiger partial charge is 0.195 e. The quantitative estimate of drug-likeness (QED) is 0.340. The van der Waals surface area contributed by atoms with Crippen LogP contribution in [0.25, 0.3) is 16.8 Å². The van der Waals surface area contributed by atoms with Gasteiger partial charge in [0.1, 0.15) is 0 Å². The number of aromatic nitrogens is 1. The summed E-state index contributed by atoms with van der Waals surface area (Å²) in [5.74, 6) is -3.86. The topological polar surface area (TPSA) is 17.3 Å². The van der Waals surface area contributed by atoms with Gasteiger partial charge in [0.25, 0.3) is 0 Å². The van der Waals surface area contributed by atoms with Gasteiger partial charge in [-0.1, -0.05) is 43.3 Å². The Morgan fingerprint density at radius 3 is 2.42 bits per heavy atom. The lowest BCUT2D eigenvalue weighted by Gasteiger charge is -2.15. The molecule has 1 aliphatic heterocycles. The molecule has 2 heterocycles. The van der Waals surface area contributed by atoms with E-state index in [1.54, 1.807) is 12.1 Å². The molecule has 0 unspecified atom stereocenters. The summed E-state index contributed by atoms with van der Waals surface area (Å²) in [4.78, 5) is 4.88. The van der Waals surface area contributed by atoms with Crippen LogP contribution in [0.3, 0.4) is 0 Å². The Morgan fingerprint density at radius 1 is 0.839 bits per heavy atom. The van der Waals surface area contributed by atoms with E-state index in [4.69, 9.17) is 4.99 Å². The maximum Gasteiger partial charge on any atom is 0.195 e. The second kappa shape index (κ2) is 7.58. The highest BCUT2D eigenvalue weighted by Gasteiger charge is 2.22. The molecule has 0 radical (unpaired) electrons. The van der Waals surface area contributed by atoms with Gasteiger partial charge in [0.15, 0.2) is 17.5 Å². The zero-order chi connectivity index (χ0) is 21.5. The van der Waals surface area contributed by atoms with E-state index < -0.39 is 17.5 Å². The van der Waals surface area contributed by atoms with Crippen LogP contribution < -0.4 is 0 Å². The van der Waals surface area contributed by atoms with Crippen molar-refractivity contribution in [1.82, 2.24) is 4.57 Å². The number of hydrogen-bond acceptors (Lipinski definition) is 1. The number of hydrogen-bond donors (Lipinski definition) is 0. The van der Waals surface area contributed by atoms with Crippen molar-refractivity contribution < 1.29 is 13.2 Å². The van der Waals surface area contributed by atoms with Crippen molar-refractivity contribution in [3.05, 3.63) is 113 Å². The molecule has 5 rings (SSSR count). The van der Waals surface area contributed by atoms with Crippen LogP contribution >= 0.6 is 0 Å². The molecule has 1 aromatic heterocycles. The molecular weight excluding hydrogens is 397 g/mol.